The lowest BCUT2D eigenvalue weighted by Gasteiger charge is -2.15. The minimum absolute atomic E-state index is 0.0978. The first kappa shape index (κ1) is 13.3. The van der Waals surface area contributed by atoms with Gasteiger partial charge in [-0.25, -0.2) is 13.1 Å². The quantitative estimate of drug-likeness (QED) is 0.872. The SMILES string of the molecule is CC[C@H](CO)NS(=O)(=O)c1cccc2c1N=S=N2. The first-order chi connectivity index (χ1) is 8.58. The molecule has 98 valence electrons. The zero-order valence-electron chi connectivity index (χ0n) is 9.70. The Morgan fingerprint density at radius 1 is 1.44 bits per heavy atom. The van der Waals surface area contributed by atoms with Gasteiger partial charge in [0.05, 0.1) is 18.0 Å². The van der Waals surface area contributed by atoms with Crippen molar-refractivity contribution in [2.75, 3.05) is 6.61 Å². The van der Waals surface area contributed by atoms with Gasteiger partial charge in [-0.1, -0.05) is 13.0 Å². The van der Waals surface area contributed by atoms with E-state index in [9.17, 15) is 8.42 Å². The Hall–Kier alpha value is -1.09. The molecule has 1 aliphatic rings. The van der Waals surface area contributed by atoms with E-state index in [1.165, 1.54) is 6.07 Å². The summed E-state index contributed by atoms with van der Waals surface area (Å²) in [4.78, 5) is 0.0978. The molecule has 1 heterocycles. The number of sulfonamides is 1. The van der Waals surface area contributed by atoms with Crippen LogP contribution in [0.25, 0.3) is 0 Å². The molecule has 1 aliphatic heterocycles. The van der Waals surface area contributed by atoms with Gasteiger partial charge in [0, 0.05) is 6.04 Å². The Bertz CT molecular complexity index is 617. The van der Waals surface area contributed by atoms with Crippen molar-refractivity contribution in [3.8, 4) is 0 Å². The Morgan fingerprint density at radius 3 is 2.89 bits per heavy atom. The average molecular weight is 287 g/mol. The first-order valence-electron chi connectivity index (χ1n) is 5.43. The molecular formula is C10H13N3O3S2. The fraction of sp³-hybridized carbons (Fsp3) is 0.400. The van der Waals surface area contributed by atoms with Crippen LogP contribution in [-0.2, 0) is 21.4 Å². The van der Waals surface area contributed by atoms with Crippen LogP contribution in [0.4, 0.5) is 11.4 Å². The molecule has 0 unspecified atom stereocenters. The first-order valence-corrected chi connectivity index (χ1v) is 7.64. The van der Waals surface area contributed by atoms with Crippen LogP contribution < -0.4 is 4.72 Å². The molecule has 0 spiro atoms. The van der Waals surface area contributed by atoms with Gasteiger partial charge in [0.1, 0.15) is 16.3 Å². The predicted octanol–water partition coefficient (Wildman–Crippen LogP) is 1.46. The number of nitrogens with one attached hydrogen (secondary N) is 1. The van der Waals surface area contributed by atoms with Gasteiger partial charge in [-0.2, -0.15) is 8.73 Å². The van der Waals surface area contributed by atoms with Crippen molar-refractivity contribution in [1.82, 2.24) is 4.72 Å². The summed E-state index contributed by atoms with van der Waals surface area (Å²) >= 11 is 0.972. The fourth-order valence-electron chi connectivity index (χ4n) is 1.53. The van der Waals surface area contributed by atoms with Gasteiger partial charge in [0.2, 0.25) is 10.0 Å². The van der Waals surface area contributed by atoms with E-state index in [2.05, 4.69) is 13.4 Å². The van der Waals surface area contributed by atoms with Gasteiger partial charge in [-0.05, 0) is 18.6 Å². The second kappa shape index (κ2) is 5.27. The van der Waals surface area contributed by atoms with Gasteiger partial charge in [-0.3, -0.25) is 0 Å². The highest BCUT2D eigenvalue weighted by Gasteiger charge is 2.24. The molecule has 8 heteroatoms. The highest BCUT2D eigenvalue weighted by molar-refractivity contribution is 7.89. The third kappa shape index (κ3) is 2.51. The molecule has 0 saturated carbocycles. The van der Waals surface area contributed by atoms with Crippen molar-refractivity contribution in [3.63, 3.8) is 0 Å². The number of aliphatic hydroxyl groups is 1. The standard InChI is InChI=1S/C10H13N3O3S2/c1-2-7(6-14)13-18(15,16)9-5-3-4-8-10(9)12-17-11-8/h3-5,7,13-14H,2,6H2,1H3/t7-/m1/s1. The summed E-state index contributed by atoms with van der Waals surface area (Å²) in [6.45, 7) is 1.56. The summed E-state index contributed by atoms with van der Waals surface area (Å²) < 4.78 is 34.8. The maximum atomic E-state index is 12.2. The summed E-state index contributed by atoms with van der Waals surface area (Å²) in [5, 5.41) is 9.06. The molecule has 0 aromatic heterocycles. The van der Waals surface area contributed by atoms with E-state index >= 15 is 0 Å². The molecule has 0 saturated heterocycles. The van der Waals surface area contributed by atoms with Crippen molar-refractivity contribution in [2.24, 2.45) is 8.73 Å². The van der Waals surface area contributed by atoms with Crippen LogP contribution in [0, 0.1) is 0 Å². The largest absolute Gasteiger partial charge is 0.395 e. The van der Waals surface area contributed by atoms with Crippen LogP contribution in [0.5, 0.6) is 0 Å². The van der Waals surface area contributed by atoms with Gasteiger partial charge in [-0.15, -0.1) is 0 Å². The second-order valence-electron chi connectivity index (χ2n) is 3.80. The van der Waals surface area contributed by atoms with Gasteiger partial charge in [0.25, 0.3) is 0 Å². The average Bonchev–Trinajstić information content (AvgIpc) is 2.83. The molecule has 0 amide bonds. The molecule has 1 aromatic carbocycles. The van der Waals surface area contributed by atoms with Crippen molar-refractivity contribution in [1.29, 1.82) is 0 Å². The van der Waals surface area contributed by atoms with Crippen LogP contribution >= 0.6 is 0 Å². The van der Waals surface area contributed by atoms with Gasteiger partial charge >= 0.3 is 0 Å². The van der Waals surface area contributed by atoms with Crippen LogP contribution in [-0.4, -0.2) is 26.2 Å². The Kier molecular flexibility index (Phi) is 3.91. The van der Waals surface area contributed by atoms with Crippen LogP contribution in [0.1, 0.15) is 13.3 Å². The number of benzene rings is 1. The summed E-state index contributed by atoms with van der Waals surface area (Å²) in [6, 6.07) is 4.33. The molecule has 18 heavy (non-hydrogen) atoms. The number of fused-ring (bicyclic) bond motifs is 1. The Labute approximate surface area is 109 Å². The molecule has 1 aromatic rings. The van der Waals surface area contributed by atoms with E-state index in [0.29, 0.717) is 17.8 Å². The summed E-state index contributed by atoms with van der Waals surface area (Å²) in [6.07, 6.45) is 0.515. The van der Waals surface area contributed by atoms with Crippen LogP contribution in [0.3, 0.4) is 0 Å². The van der Waals surface area contributed by atoms with E-state index in [1.54, 1.807) is 19.1 Å². The summed E-state index contributed by atoms with van der Waals surface area (Å²) in [5.74, 6) is 0. The predicted molar refractivity (Wildman–Crippen MR) is 69.5 cm³/mol. The van der Waals surface area contributed by atoms with Gasteiger partial charge < -0.3 is 5.11 Å². The van der Waals surface area contributed by atoms with Crippen molar-refractivity contribution < 1.29 is 13.5 Å². The monoisotopic (exact) mass is 287 g/mol. The molecule has 2 rings (SSSR count). The number of hydrogen-bond donors (Lipinski definition) is 2. The van der Waals surface area contributed by atoms with Crippen molar-refractivity contribution in [2.45, 2.75) is 24.3 Å². The molecule has 6 nitrogen and oxygen atoms in total. The summed E-state index contributed by atoms with van der Waals surface area (Å²) in [5.41, 5.74) is 0.919. The maximum absolute atomic E-state index is 12.2. The normalized spacial score (nSPS) is 15.2. The molecule has 2 N–H and O–H groups in total. The molecule has 0 aliphatic carbocycles. The van der Waals surface area contributed by atoms with Crippen LogP contribution in [0.2, 0.25) is 0 Å². The smallest absolute Gasteiger partial charge is 0.243 e. The number of nitrogens with zero attached hydrogens (tertiary/aromatic N) is 2. The maximum Gasteiger partial charge on any atom is 0.243 e. The zero-order valence-corrected chi connectivity index (χ0v) is 11.3. The van der Waals surface area contributed by atoms with E-state index in [-0.39, 0.29) is 11.5 Å². The number of rotatable bonds is 5. The molecule has 0 bridgehead atoms. The fourth-order valence-corrected chi connectivity index (χ4v) is 3.61. The molecule has 1 atom stereocenters. The lowest BCUT2D eigenvalue weighted by atomic mass is 10.3. The van der Waals surface area contributed by atoms with E-state index in [1.807, 2.05) is 0 Å². The van der Waals surface area contributed by atoms with Crippen LogP contribution in [0.15, 0.2) is 31.8 Å². The second-order valence-corrected chi connectivity index (χ2v) is 6.01. The number of hydrogen-bond acceptors (Lipinski definition) is 5. The third-order valence-corrected chi connectivity index (χ3v) is 4.67. The molecule has 0 radical (unpaired) electrons. The van der Waals surface area contributed by atoms with E-state index < -0.39 is 16.1 Å². The summed E-state index contributed by atoms with van der Waals surface area (Å²) in [7, 11) is -3.69. The highest BCUT2D eigenvalue weighted by Crippen LogP contribution is 2.37. The lowest BCUT2D eigenvalue weighted by Crippen LogP contribution is -2.36. The lowest BCUT2D eigenvalue weighted by molar-refractivity contribution is 0.254. The zero-order chi connectivity index (χ0) is 13.2. The van der Waals surface area contributed by atoms with Gasteiger partial charge in [0.15, 0.2) is 0 Å². The third-order valence-electron chi connectivity index (χ3n) is 2.57. The minimum atomic E-state index is -3.69. The topological polar surface area (TPSA) is 91.1 Å². The van der Waals surface area contributed by atoms with Crippen molar-refractivity contribution in [3.05, 3.63) is 18.2 Å². The van der Waals surface area contributed by atoms with Crippen molar-refractivity contribution >= 4 is 32.8 Å². The number of aliphatic hydroxyl groups excluding tert-OH is 1. The molecular weight excluding hydrogens is 274 g/mol. The minimum Gasteiger partial charge on any atom is -0.395 e. The Balaban J connectivity index is 2.38. The highest BCUT2D eigenvalue weighted by atomic mass is 32.2. The van der Waals surface area contributed by atoms with E-state index in [0.717, 1.165) is 11.4 Å². The Morgan fingerprint density at radius 2 is 2.22 bits per heavy atom. The van der Waals surface area contributed by atoms with E-state index in [4.69, 9.17) is 5.11 Å². The molecule has 0 fully saturated rings.